The van der Waals surface area contributed by atoms with E-state index in [1.165, 1.54) is 51.7 Å². The van der Waals surface area contributed by atoms with Crippen LogP contribution in [0.15, 0.2) is 12.2 Å². The lowest BCUT2D eigenvalue weighted by atomic mass is 9.97. The predicted molar refractivity (Wildman–Crippen MR) is 65.0 cm³/mol. The molecule has 2 rings (SSSR count). The van der Waals surface area contributed by atoms with Crippen molar-refractivity contribution in [1.29, 1.82) is 0 Å². The highest BCUT2D eigenvalue weighted by Gasteiger charge is 2.18. The van der Waals surface area contributed by atoms with Gasteiger partial charge in [-0.2, -0.15) is 0 Å². The van der Waals surface area contributed by atoms with Gasteiger partial charge in [0.1, 0.15) is 0 Å². The van der Waals surface area contributed by atoms with Crippen molar-refractivity contribution in [3.05, 3.63) is 12.2 Å². The van der Waals surface area contributed by atoms with Gasteiger partial charge in [-0.25, -0.2) is 0 Å². The Balaban J connectivity index is 1.68. The maximum atomic E-state index is 3.70. The van der Waals surface area contributed by atoms with Gasteiger partial charge in [-0.15, -0.1) is 0 Å². The van der Waals surface area contributed by atoms with E-state index in [4.69, 9.17) is 0 Å². The van der Waals surface area contributed by atoms with Crippen LogP contribution in [0.5, 0.6) is 0 Å². The number of nitrogens with one attached hydrogen (secondary N) is 1. The van der Waals surface area contributed by atoms with Gasteiger partial charge in [-0.3, -0.25) is 0 Å². The summed E-state index contributed by atoms with van der Waals surface area (Å²) in [5, 5.41) is 3.70. The Kier molecular flexibility index (Phi) is 4.21. The Labute approximate surface area is 93.7 Å². The van der Waals surface area contributed by atoms with E-state index in [1.807, 2.05) is 0 Å². The fraction of sp³-hybridized carbons (Fsp3) is 0.846. The Bertz CT molecular complexity index is 213. The first-order valence-corrected chi connectivity index (χ1v) is 6.43. The topological polar surface area (TPSA) is 15.3 Å². The molecule has 1 aliphatic carbocycles. The van der Waals surface area contributed by atoms with E-state index in [0.29, 0.717) is 6.04 Å². The third-order valence-electron chi connectivity index (χ3n) is 3.65. The molecule has 2 nitrogen and oxygen atoms in total. The number of hydrogen-bond acceptors (Lipinski definition) is 2. The highest BCUT2D eigenvalue weighted by atomic mass is 15.1. The fourth-order valence-corrected chi connectivity index (χ4v) is 2.74. The standard InChI is InChI=1S/C13H24N2/c1-15-9-5-6-12(11-15)10-14-13-7-3-2-4-8-13/h3,7,12-14H,2,4-6,8-11H2,1H3. The molecule has 1 saturated heterocycles. The molecule has 86 valence electrons. The van der Waals surface area contributed by atoms with Crippen molar-refractivity contribution in [2.24, 2.45) is 5.92 Å². The number of likely N-dealkylation sites (tertiary alicyclic amines) is 1. The minimum absolute atomic E-state index is 0.658. The van der Waals surface area contributed by atoms with Gasteiger partial charge < -0.3 is 10.2 Å². The van der Waals surface area contributed by atoms with Crippen molar-refractivity contribution in [1.82, 2.24) is 10.2 Å². The van der Waals surface area contributed by atoms with E-state index in [-0.39, 0.29) is 0 Å². The van der Waals surface area contributed by atoms with Crippen LogP contribution in [-0.2, 0) is 0 Å². The fourth-order valence-electron chi connectivity index (χ4n) is 2.74. The second-order valence-corrected chi connectivity index (χ2v) is 5.14. The van der Waals surface area contributed by atoms with Crippen LogP contribution >= 0.6 is 0 Å². The van der Waals surface area contributed by atoms with E-state index in [9.17, 15) is 0 Å². The molecule has 15 heavy (non-hydrogen) atoms. The van der Waals surface area contributed by atoms with Gasteiger partial charge >= 0.3 is 0 Å². The van der Waals surface area contributed by atoms with Crippen LogP contribution in [0.1, 0.15) is 32.1 Å². The largest absolute Gasteiger partial charge is 0.310 e. The number of hydrogen-bond donors (Lipinski definition) is 1. The average molecular weight is 208 g/mol. The Morgan fingerprint density at radius 1 is 1.33 bits per heavy atom. The minimum Gasteiger partial charge on any atom is -0.310 e. The summed E-state index contributed by atoms with van der Waals surface area (Å²) in [5.41, 5.74) is 0. The van der Waals surface area contributed by atoms with Crippen molar-refractivity contribution < 1.29 is 0 Å². The zero-order chi connectivity index (χ0) is 10.5. The smallest absolute Gasteiger partial charge is 0.0250 e. The lowest BCUT2D eigenvalue weighted by Gasteiger charge is -2.31. The second-order valence-electron chi connectivity index (χ2n) is 5.14. The highest BCUT2D eigenvalue weighted by Crippen LogP contribution is 2.15. The molecular formula is C13H24N2. The number of allylic oxidation sites excluding steroid dienone is 1. The van der Waals surface area contributed by atoms with Gasteiger partial charge in [0.05, 0.1) is 0 Å². The van der Waals surface area contributed by atoms with Crippen LogP contribution in [-0.4, -0.2) is 37.6 Å². The molecule has 0 aromatic carbocycles. The van der Waals surface area contributed by atoms with Crippen molar-refractivity contribution >= 4 is 0 Å². The first-order chi connectivity index (χ1) is 7.34. The third kappa shape index (κ3) is 3.62. The van der Waals surface area contributed by atoms with Gasteiger partial charge in [0.25, 0.3) is 0 Å². The summed E-state index contributed by atoms with van der Waals surface area (Å²) in [5.74, 6) is 0.874. The molecule has 1 fully saturated rings. The van der Waals surface area contributed by atoms with Gasteiger partial charge in [0, 0.05) is 12.6 Å². The van der Waals surface area contributed by atoms with E-state index in [0.717, 1.165) is 5.92 Å². The van der Waals surface area contributed by atoms with E-state index >= 15 is 0 Å². The van der Waals surface area contributed by atoms with Crippen LogP contribution in [0.2, 0.25) is 0 Å². The molecule has 0 saturated carbocycles. The molecule has 0 amide bonds. The van der Waals surface area contributed by atoms with E-state index in [2.05, 4.69) is 29.4 Å². The molecule has 2 atom stereocenters. The molecular weight excluding hydrogens is 184 g/mol. The number of nitrogens with zero attached hydrogens (tertiary/aromatic N) is 1. The zero-order valence-electron chi connectivity index (χ0n) is 9.91. The average Bonchev–Trinajstić information content (AvgIpc) is 2.28. The molecule has 0 bridgehead atoms. The van der Waals surface area contributed by atoms with Gasteiger partial charge in [-0.05, 0) is 58.2 Å². The summed E-state index contributed by atoms with van der Waals surface area (Å²) in [6.07, 6.45) is 11.4. The predicted octanol–water partition coefficient (Wildman–Crippen LogP) is 2.03. The highest BCUT2D eigenvalue weighted by molar-refractivity contribution is 4.97. The summed E-state index contributed by atoms with van der Waals surface area (Å²) in [7, 11) is 2.24. The summed E-state index contributed by atoms with van der Waals surface area (Å²) in [6, 6.07) is 0.658. The van der Waals surface area contributed by atoms with Gasteiger partial charge in [0.2, 0.25) is 0 Å². The zero-order valence-corrected chi connectivity index (χ0v) is 9.91. The molecule has 1 N–H and O–H groups in total. The summed E-state index contributed by atoms with van der Waals surface area (Å²) >= 11 is 0. The molecule has 2 aliphatic rings. The van der Waals surface area contributed by atoms with Gasteiger partial charge in [0.15, 0.2) is 0 Å². The maximum absolute atomic E-state index is 3.70. The molecule has 1 aliphatic heterocycles. The van der Waals surface area contributed by atoms with Crippen LogP contribution in [0.4, 0.5) is 0 Å². The number of piperidine rings is 1. The van der Waals surface area contributed by atoms with Crippen LogP contribution in [0, 0.1) is 5.92 Å². The van der Waals surface area contributed by atoms with Crippen molar-refractivity contribution in [3.8, 4) is 0 Å². The summed E-state index contributed by atoms with van der Waals surface area (Å²) in [6.45, 7) is 3.78. The Morgan fingerprint density at radius 2 is 2.27 bits per heavy atom. The van der Waals surface area contributed by atoms with Crippen LogP contribution < -0.4 is 5.32 Å². The molecule has 0 radical (unpaired) electrons. The first kappa shape index (κ1) is 11.2. The number of rotatable bonds is 3. The minimum atomic E-state index is 0.658. The molecule has 1 heterocycles. The molecule has 0 aromatic rings. The quantitative estimate of drug-likeness (QED) is 0.714. The molecule has 0 spiro atoms. The van der Waals surface area contributed by atoms with E-state index in [1.54, 1.807) is 0 Å². The monoisotopic (exact) mass is 208 g/mol. The van der Waals surface area contributed by atoms with E-state index < -0.39 is 0 Å². The summed E-state index contributed by atoms with van der Waals surface area (Å²) < 4.78 is 0. The lowest BCUT2D eigenvalue weighted by Crippen LogP contribution is -2.40. The Hall–Kier alpha value is -0.340. The maximum Gasteiger partial charge on any atom is 0.0250 e. The van der Waals surface area contributed by atoms with Crippen LogP contribution in [0.3, 0.4) is 0 Å². The molecule has 0 aromatic heterocycles. The molecule has 2 heteroatoms. The van der Waals surface area contributed by atoms with Gasteiger partial charge in [-0.1, -0.05) is 12.2 Å². The first-order valence-electron chi connectivity index (χ1n) is 6.43. The third-order valence-corrected chi connectivity index (χ3v) is 3.65. The second kappa shape index (κ2) is 5.66. The Morgan fingerprint density at radius 3 is 3.00 bits per heavy atom. The summed E-state index contributed by atoms with van der Waals surface area (Å²) in [4.78, 5) is 2.46. The normalized spacial score (nSPS) is 33.1. The van der Waals surface area contributed by atoms with Crippen LogP contribution in [0.25, 0.3) is 0 Å². The lowest BCUT2D eigenvalue weighted by molar-refractivity contribution is 0.203. The van der Waals surface area contributed by atoms with Crippen molar-refractivity contribution in [3.63, 3.8) is 0 Å². The van der Waals surface area contributed by atoms with Crippen molar-refractivity contribution in [2.75, 3.05) is 26.7 Å². The van der Waals surface area contributed by atoms with Crippen molar-refractivity contribution in [2.45, 2.75) is 38.1 Å². The SMILES string of the molecule is CN1CCCC(CNC2C=CCCC2)C1. The molecule has 2 unspecified atom stereocenters.